The second-order valence-corrected chi connectivity index (χ2v) is 7.21. The lowest BCUT2D eigenvalue weighted by Crippen LogP contribution is -2.42. The van der Waals surface area contributed by atoms with Gasteiger partial charge in [-0.15, -0.1) is 0 Å². The maximum atomic E-state index is 12.8. The standard InChI is InChI=1S/C16H25N3O3/c1-16(2,3)11-18(10-14(20)21)15(22)13-8-9-17-19(13)12-6-4-5-7-12/h8-9,12H,4-7,10-11H2,1-3H3,(H,20,21). The minimum Gasteiger partial charge on any atom is -0.480 e. The van der Waals surface area contributed by atoms with Gasteiger partial charge in [0.1, 0.15) is 12.2 Å². The maximum absolute atomic E-state index is 12.8. The Kier molecular flexibility index (Phi) is 4.88. The summed E-state index contributed by atoms with van der Waals surface area (Å²) in [6.45, 7) is 6.08. The predicted octanol–water partition coefficient (Wildman–Crippen LogP) is 2.57. The van der Waals surface area contributed by atoms with E-state index in [9.17, 15) is 9.59 Å². The van der Waals surface area contributed by atoms with Crippen molar-refractivity contribution >= 4 is 11.9 Å². The fraction of sp³-hybridized carbons (Fsp3) is 0.688. The van der Waals surface area contributed by atoms with E-state index in [1.54, 1.807) is 16.9 Å². The van der Waals surface area contributed by atoms with Crippen LogP contribution in [0.15, 0.2) is 12.3 Å². The Hall–Kier alpha value is -1.85. The highest BCUT2D eigenvalue weighted by Crippen LogP contribution is 2.30. The van der Waals surface area contributed by atoms with Gasteiger partial charge >= 0.3 is 5.97 Å². The van der Waals surface area contributed by atoms with E-state index in [1.165, 1.54) is 4.90 Å². The van der Waals surface area contributed by atoms with Crippen molar-refractivity contribution in [1.29, 1.82) is 0 Å². The molecule has 1 aliphatic carbocycles. The molecular formula is C16H25N3O3. The van der Waals surface area contributed by atoms with Gasteiger partial charge in [-0.1, -0.05) is 33.6 Å². The van der Waals surface area contributed by atoms with Gasteiger partial charge in [-0.05, 0) is 24.3 Å². The average Bonchev–Trinajstić information content (AvgIpc) is 3.05. The smallest absolute Gasteiger partial charge is 0.323 e. The van der Waals surface area contributed by atoms with Crippen LogP contribution in [0.2, 0.25) is 0 Å². The molecule has 1 saturated carbocycles. The van der Waals surface area contributed by atoms with Crippen LogP contribution in [-0.4, -0.2) is 44.8 Å². The first kappa shape index (κ1) is 16.5. The molecule has 1 amide bonds. The molecule has 6 nitrogen and oxygen atoms in total. The molecule has 1 aliphatic rings. The Morgan fingerprint density at radius 2 is 2.00 bits per heavy atom. The minimum atomic E-state index is -0.996. The first-order valence-electron chi connectivity index (χ1n) is 7.82. The summed E-state index contributed by atoms with van der Waals surface area (Å²) in [6.07, 6.45) is 5.99. The third kappa shape index (κ3) is 4.08. The van der Waals surface area contributed by atoms with Crippen LogP contribution in [0.5, 0.6) is 0 Å². The Balaban J connectivity index is 2.22. The fourth-order valence-corrected chi connectivity index (χ4v) is 3.02. The van der Waals surface area contributed by atoms with Gasteiger partial charge in [0, 0.05) is 12.7 Å². The SMILES string of the molecule is CC(C)(C)CN(CC(=O)O)C(=O)c1ccnn1C1CCCC1. The van der Waals surface area contributed by atoms with Crippen LogP contribution < -0.4 is 0 Å². The summed E-state index contributed by atoms with van der Waals surface area (Å²) in [5.41, 5.74) is 0.334. The van der Waals surface area contributed by atoms with E-state index in [1.807, 2.05) is 20.8 Å². The number of nitrogens with zero attached hydrogens (tertiary/aromatic N) is 3. The summed E-state index contributed by atoms with van der Waals surface area (Å²) in [5.74, 6) is -1.24. The second-order valence-electron chi connectivity index (χ2n) is 7.21. The molecule has 1 aromatic rings. The number of amides is 1. The summed E-state index contributed by atoms with van der Waals surface area (Å²) in [7, 11) is 0. The molecule has 1 fully saturated rings. The van der Waals surface area contributed by atoms with Crippen molar-refractivity contribution in [3.8, 4) is 0 Å². The van der Waals surface area contributed by atoms with Crippen molar-refractivity contribution in [2.45, 2.75) is 52.5 Å². The summed E-state index contributed by atoms with van der Waals surface area (Å²) in [4.78, 5) is 25.3. The summed E-state index contributed by atoms with van der Waals surface area (Å²) >= 11 is 0. The van der Waals surface area contributed by atoms with Crippen molar-refractivity contribution in [2.24, 2.45) is 5.41 Å². The molecule has 0 spiro atoms. The zero-order chi connectivity index (χ0) is 16.3. The molecule has 0 atom stereocenters. The van der Waals surface area contributed by atoms with Gasteiger partial charge in [-0.2, -0.15) is 5.10 Å². The van der Waals surface area contributed by atoms with E-state index in [0.717, 1.165) is 25.7 Å². The van der Waals surface area contributed by atoms with Crippen LogP contribution >= 0.6 is 0 Å². The number of aromatic nitrogens is 2. The van der Waals surface area contributed by atoms with Crippen molar-refractivity contribution in [1.82, 2.24) is 14.7 Å². The average molecular weight is 307 g/mol. The largest absolute Gasteiger partial charge is 0.480 e. The lowest BCUT2D eigenvalue weighted by atomic mass is 9.96. The Labute approximate surface area is 131 Å². The van der Waals surface area contributed by atoms with Crippen LogP contribution in [0.25, 0.3) is 0 Å². The van der Waals surface area contributed by atoms with Crippen LogP contribution in [0.4, 0.5) is 0 Å². The number of hydrogen-bond acceptors (Lipinski definition) is 3. The van der Waals surface area contributed by atoms with E-state index in [2.05, 4.69) is 5.10 Å². The molecule has 122 valence electrons. The van der Waals surface area contributed by atoms with E-state index >= 15 is 0 Å². The number of aliphatic carboxylic acids is 1. The predicted molar refractivity (Wildman–Crippen MR) is 82.7 cm³/mol. The van der Waals surface area contributed by atoms with Gasteiger partial charge in [-0.3, -0.25) is 14.3 Å². The first-order valence-corrected chi connectivity index (χ1v) is 7.82. The molecule has 0 radical (unpaired) electrons. The number of carbonyl (C=O) groups excluding carboxylic acids is 1. The van der Waals surface area contributed by atoms with Crippen LogP contribution in [0, 0.1) is 5.41 Å². The summed E-state index contributed by atoms with van der Waals surface area (Å²) in [6, 6.07) is 1.95. The molecule has 0 saturated heterocycles. The molecule has 0 aliphatic heterocycles. The van der Waals surface area contributed by atoms with Crippen LogP contribution in [-0.2, 0) is 4.79 Å². The minimum absolute atomic E-state index is 0.163. The molecule has 1 heterocycles. The molecule has 0 bridgehead atoms. The van der Waals surface area contributed by atoms with Crippen molar-refractivity contribution in [3.05, 3.63) is 18.0 Å². The Bertz CT molecular complexity index is 539. The van der Waals surface area contributed by atoms with Crippen molar-refractivity contribution in [3.63, 3.8) is 0 Å². The number of hydrogen-bond donors (Lipinski definition) is 1. The third-order valence-corrected chi connectivity index (χ3v) is 3.84. The van der Waals surface area contributed by atoms with Gasteiger partial charge in [0.05, 0.1) is 6.04 Å². The van der Waals surface area contributed by atoms with Gasteiger partial charge in [0.2, 0.25) is 0 Å². The molecule has 6 heteroatoms. The van der Waals surface area contributed by atoms with Crippen LogP contribution in [0.1, 0.15) is 63.0 Å². The third-order valence-electron chi connectivity index (χ3n) is 3.84. The fourth-order valence-electron chi connectivity index (χ4n) is 3.02. The number of carboxylic acids is 1. The highest BCUT2D eigenvalue weighted by atomic mass is 16.4. The zero-order valence-electron chi connectivity index (χ0n) is 13.6. The Morgan fingerprint density at radius 3 is 2.55 bits per heavy atom. The quantitative estimate of drug-likeness (QED) is 0.907. The van der Waals surface area contributed by atoms with Crippen LogP contribution in [0.3, 0.4) is 0 Å². The molecule has 2 rings (SSSR count). The highest BCUT2D eigenvalue weighted by Gasteiger charge is 2.28. The summed E-state index contributed by atoms with van der Waals surface area (Å²) in [5, 5.41) is 13.4. The number of carbonyl (C=O) groups is 2. The second kappa shape index (κ2) is 6.50. The van der Waals surface area contributed by atoms with Gasteiger partial charge < -0.3 is 10.0 Å². The zero-order valence-corrected chi connectivity index (χ0v) is 13.6. The molecule has 22 heavy (non-hydrogen) atoms. The number of carboxylic acid groups (broad SMARTS) is 1. The highest BCUT2D eigenvalue weighted by molar-refractivity contribution is 5.94. The first-order chi connectivity index (χ1) is 10.3. The lowest BCUT2D eigenvalue weighted by molar-refractivity contribution is -0.138. The molecular weight excluding hydrogens is 282 g/mol. The Morgan fingerprint density at radius 1 is 1.36 bits per heavy atom. The van der Waals surface area contributed by atoms with Crippen molar-refractivity contribution < 1.29 is 14.7 Å². The monoisotopic (exact) mass is 307 g/mol. The van der Waals surface area contributed by atoms with Gasteiger partial charge in [0.25, 0.3) is 5.91 Å². The van der Waals surface area contributed by atoms with E-state index in [-0.39, 0.29) is 23.9 Å². The summed E-state index contributed by atoms with van der Waals surface area (Å²) < 4.78 is 1.78. The number of rotatable bonds is 5. The van der Waals surface area contributed by atoms with E-state index < -0.39 is 5.97 Å². The van der Waals surface area contributed by atoms with E-state index in [4.69, 9.17) is 5.11 Å². The van der Waals surface area contributed by atoms with Gasteiger partial charge in [0.15, 0.2) is 0 Å². The molecule has 0 aromatic carbocycles. The van der Waals surface area contributed by atoms with Gasteiger partial charge in [-0.25, -0.2) is 0 Å². The van der Waals surface area contributed by atoms with Crippen molar-refractivity contribution in [2.75, 3.05) is 13.1 Å². The maximum Gasteiger partial charge on any atom is 0.323 e. The lowest BCUT2D eigenvalue weighted by Gasteiger charge is -2.29. The topological polar surface area (TPSA) is 75.4 Å². The molecule has 0 unspecified atom stereocenters. The molecule has 1 aromatic heterocycles. The normalized spacial score (nSPS) is 16.0. The molecule has 1 N–H and O–H groups in total. The van der Waals surface area contributed by atoms with E-state index in [0.29, 0.717) is 12.2 Å².